The summed E-state index contributed by atoms with van der Waals surface area (Å²) >= 11 is 1.75. The molecule has 0 bridgehead atoms. The quantitative estimate of drug-likeness (QED) is 0.355. The highest BCUT2D eigenvalue weighted by Gasteiger charge is 2.51. The SMILES string of the molecule is Cc1ccc([C@@H](NC2C(=O)C(=O)C2Nc2cccc(C(=O)N(C)CC(F)(F)F)c2O)C2CCCS2)o1. The van der Waals surface area contributed by atoms with Gasteiger partial charge in [-0.3, -0.25) is 19.7 Å². The van der Waals surface area contributed by atoms with Crippen molar-refractivity contribution in [3.8, 4) is 5.75 Å². The molecule has 1 saturated carbocycles. The van der Waals surface area contributed by atoms with E-state index in [0.29, 0.717) is 16.4 Å². The number of hydrogen-bond acceptors (Lipinski definition) is 8. The van der Waals surface area contributed by atoms with E-state index >= 15 is 0 Å². The molecule has 1 saturated heterocycles. The number of furan rings is 1. The van der Waals surface area contributed by atoms with Gasteiger partial charge < -0.3 is 19.7 Å². The van der Waals surface area contributed by atoms with Gasteiger partial charge in [-0.2, -0.15) is 24.9 Å². The Balaban J connectivity index is 1.53. The van der Waals surface area contributed by atoms with Crippen molar-refractivity contribution in [1.29, 1.82) is 0 Å². The van der Waals surface area contributed by atoms with Crippen LogP contribution in [0.15, 0.2) is 34.7 Å². The van der Waals surface area contributed by atoms with E-state index in [1.165, 1.54) is 18.2 Å². The highest BCUT2D eigenvalue weighted by atomic mass is 32.2. The number of alkyl halides is 3. The maximum Gasteiger partial charge on any atom is 0.406 e. The number of anilines is 1. The Hall–Kier alpha value is -2.99. The normalized spacial score (nSPS) is 22.9. The lowest BCUT2D eigenvalue weighted by atomic mass is 9.81. The molecule has 3 unspecified atom stereocenters. The molecule has 2 fully saturated rings. The number of thioether (sulfide) groups is 1. The predicted molar refractivity (Wildman–Crippen MR) is 127 cm³/mol. The van der Waals surface area contributed by atoms with Gasteiger partial charge in [0.2, 0.25) is 11.6 Å². The van der Waals surface area contributed by atoms with Crippen LogP contribution in [0.25, 0.3) is 0 Å². The van der Waals surface area contributed by atoms with Crippen LogP contribution in [-0.2, 0) is 9.59 Å². The lowest BCUT2D eigenvalue weighted by molar-refractivity contribution is -0.145. The number of phenols is 1. The van der Waals surface area contributed by atoms with Gasteiger partial charge >= 0.3 is 6.18 Å². The van der Waals surface area contributed by atoms with Crippen molar-refractivity contribution >= 4 is 34.9 Å². The zero-order chi connectivity index (χ0) is 26.2. The van der Waals surface area contributed by atoms with E-state index in [0.717, 1.165) is 25.6 Å². The van der Waals surface area contributed by atoms with E-state index in [1.54, 1.807) is 11.8 Å². The van der Waals surface area contributed by atoms with Crippen molar-refractivity contribution in [2.24, 2.45) is 0 Å². The molecule has 194 valence electrons. The van der Waals surface area contributed by atoms with E-state index < -0.39 is 48.0 Å². The summed E-state index contributed by atoms with van der Waals surface area (Å²) in [7, 11) is 0.973. The van der Waals surface area contributed by atoms with E-state index in [-0.39, 0.29) is 22.5 Å². The van der Waals surface area contributed by atoms with Crippen molar-refractivity contribution in [3.63, 3.8) is 0 Å². The standard InChI is InChI=1S/C24H26F3N3O5S/c1-12-8-9-15(35-12)17(16-7-4-10-36-16)29-19-18(21(32)22(19)33)28-14-6-3-5-13(20(14)31)23(34)30(2)11-24(25,26)27/h3,5-6,8-9,16-19,28-29,31H,4,7,10-11H2,1-2H3/t16?,17-,18?,19?/m1/s1. The fourth-order valence-corrected chi connectivity index (χ4v) is 5.81. The fourth-order valence-electron chi connectivity index (χ4n) is 4.43. The summed E-state index contributed by atoms with van der Waals surface area (Å²) in [5.74, 6) is -0.628. The second-order valence-corrected chi connectivity index (χ2v) is 10.3. The van der Waals surface area contributed by atoms with Crippen molar-refractivity contribution in [3.05, 3.63) is 47.4 Å². The number of aryl methyl sites for hydroxylation is 1. The summed E-state index contributed by atoms with van der Waals surface area (Å²) in [5.41, 5.74) is -0.403. The Bertz CT molecular complexity index is 1160. The molecule has 12 heteroatoms. The van der Waals surface area contributed by atoms with Crippen molar-refractivity contribution in [2.75, 3.05) is 24.7 Å². The third kappa shape index (κ3) is 5.39. The first kappa shape index (κ1) is 26.1. The van der Waals surface area contributed by atoms with Crippen molar-refractivity contribution in [1.82, 2.24) is 10.2 Å². The summed E-state index contributed by atoms with van der Waals surface area (Å²) in [6.45, 7) is 0.325. The molecule has 1 aliphatic heterocycles. The summed E-state index contributed by atoms with van der Waals surface area (Å²) < 4.78 is 43.9. The Morgan fingerprint density at radius 3 is 2.56 bits per heavy atom. The zero-order valence-electron chi connectivity index (χ0n) is 19.6. The lowest BCUT2D eigenvalue weighted by Gasteiger charge is -2.38. The van der Waals surface area contributed by atoms with Gasteiger partial charge in [-0.05, 0) is 49.8 Å². The number of halogens is 3. The van der Waals surface area contributed by atoms with Gasteiger partial charge in [0.1, 0.15) is 30.1 Å². The Morgan fingerprint density at radius 1 is 1.22 bits per heavy atom. The Labute approximate surface area is 209 Å². The highest BCUT2D eigenvalue weighted by Crippen LogP contribution is 2.38. The van der Waals surface area contributed by atoms with E-state index in [4.69, 9.17) is 4.42 Å². The topological polar surface area (TPSA) is 112 Å². The summed E-state index contributed by atoms with van der Waals surface area (Å²) in [6, 6.07) is 5.31. The van der Waals surface area contributed by atoms with Crippen LogP contribution in [0.1, 0.15) is 40.8 Å². The third-order valence-electron chi connectivity index (χ3n) is 6.25. The van der Waals surface area contributed by atoms with Crippen molar-refractivity contribution < 1.29 is 37.1 Å². The number of para-hydroxylation sites is 1. The minimum absolute atomic E-state index is 0.0421. The molecule has 0 spiro atoms. The molecule has 2 aliphatic rings. The third-order valence-corrected chi connectivity index (χ3v) is 7.71. The molecule has 36 heavy (non-hydrogen) atoms. The first-order valence-electron chi connectivity index (χ1n) is 11.4. The van der Waals surface area contributed by atoms with Crippen LogP contribution in [0.3, 0.4) is 0 Å². The van der Waals surface area contributed by atoms with E-state index in [9.17, 15) is 32.7 Å². The molecule has 0 radical (unpaired) electrons. The van der Waals surface area contributed by atoms with Gasteiger partial charge in [-0.25, -0.2) is 0 Å². The van der Waals surface area contributed by atoms with Crippen LogP contribution < -0.4 is 10.6 Å². The number of amides is 1. The molecule has 3 N–H and O–H groups in total. The smallest absolute Gasteiger partial charge is 0.406 e. The Kier molecular flexibility index (Phi) is 7.37. The second-order valence-electron chi connectivity index (χ2n) is 8.95. The monoisotopic (exact) mass is 525 g/mol. The molecule has 4 rings (SSSR count). The maximum atomic E-state index is 12.7. The van der Waals surface area contributed by atoms with Crippen molar-refractivity contribution in [2.45, 2.75) is 49.3 Å². The van der Waals surface area contributed by atoms with E-state index in [1.807, 2.05) is 19.1 Å². The number of nitrogens with one attached hydrogen (secondary N) is 2. The number of aromatic hydroxyl groups is 1. The summed E-state index contributed by atoms with van der Waals surface area (Å²) in [4.78, 5) is 37.9. The number of Topliss-reactive ketones (excluding diaryl/α,β-unsaturated/α-hetero) is 2. The highest BCUT2D eigenvalue weighted by molar-refractivity contribution is 8.00. The summed E-state index contributed by atoms with van der Waals surface area (Å²) in [5, 5.41) is 16.8. The number of carbonyl (C=O) groups is 3. The number of carbonyl (C=O) groups excluding carboxylic acids is 3. The molecule has 1 amide bonds. The molecule has 2 aromatic rings. The molecule has 8 nitrogen and oxygen atoms in total. The van der Waals surface area contributed by atoms with Crippen LogP contribution in [0.4, 0.5) is 18.9 Å². The number of ketones is 2. The van der Waals surface area contributed by atoms with Gasteiger partial charge in [-0.1, -0.05) is 6.07 Å². The maximum absolute atomic E-state index is 12.7. The lowest BCUT2D eigenvalue weighted by Crippen LogP contribution is -2.68. The van der Waals surface area contributed by atoms with Gasteiger partial charge in [0.25, 0.3) is 5.91 Å². The first-order valence-corrected chi connectivity index (χ1v) is 12.4. The average Bonchev–Trinajstić information content (AvgIpc) is 3.50. The molecule has 1 aromatic heterocycles. The molecule has 4 atom stereocenters. The molecular formula is C24H26F3N3O5S. The number of rotatable bonds is 8. The van der Waals surface area contributed by atoms with Crippen LogP contribution in [0.5, 0.6) is 5.75 Å². The molecule has 2 heterocycles. The van der Waals surface area contributed by atoms with Gasteiger partial charge in [0.15, 0.2) is 5.75 Å². The first-order chi connectivity index (χ1) is 17.0. The number of nitrogens with zero attached hydrogens (tertiary/aromatic N) is 1. The van der Waals surface area contributed by atoms with Gasteiger partial charge in [0, 0.05) is 12.3 Å². The average molecular weight is 526 g/mol. The zero-order valence-corrected chi connectivity index (χ0v) is 20.4. The van der Waals surface area contributed by atoms with Gasteiger partial charge in [0.05, 0.1) is 17.3 Å². The number of benzene rings is 1. The van der Waals surface area contributed by atoms with E-state index in [2.05, 4.69) is 10.6 Å². The van der Waals surface area contributed by atoms with Crippen LogP contribution >= 0.6 is 11.8 Å². The van der Waals surface area contributed by atoms with Crippen LogP contribution in [0.2, 0.25) is 0 Å². The van der Waals surface area contributed by atoms with Crippen LogP contribution in [-0.4, -0.2) is 70.3 Å². The number of phenolic OH excluding ortho intramolecular Hbond substituents is 1. The molecular weight excluding hydrogens is 499 g/mol. The predicted octanol–water partition coefficient (Wildman–Crippen LogP) is 3.46. The minimum atomic E-state index is -4.60. The summed E-state index contributed by atoms with van der Waals surface area (Å²) in [6.07, 6.45) is -2.68. The minimum Gasteiger partial charge on any atom is -0.505 e. The molecule has 1 aromatic carbocycles. The number of hydrogen-bond donors (Lipinski definition) is 3. The fraction of sp³-hybridized carbons (Fsp3) is 0.458. The molecule has 1 aliphatic carbocycles. The van der Waals surface area contributed by atoms with Gasteiger partial charge in [-0.15, -0.1) is 0 Å². The van der Waals surface area contributed by atoms with Crippen LogP contribution in [0, 0.1) is 6.92 Å². The second kappa shape index (κ2) is 10.2. The Morgan fingerprint density at radius 2 is 1.94 bits per heavy atom. The largest absolute Gasteiger partial charge is 0.505 e.